The van der Waals surface area contributed by atoms with Crippen molar-refractivity contribution >= 4 is 11.8 Å². The van der Waals surface area contributed by atoms with Gasteiger partial charge in [0.2, 0.25) is 11.8 Å². The highest BCUT2D eigenvalue weighted by Gasteiger charge is 2.25. The highest BCUT2D eigenvalue weighted by atomic mass is 16.2. The van der Waals surface area contributed by atoms with Crippen molar-refractivity contribution in [2.75, 3.05) is 6.54 Å². The molecule has 0 aromatic rings. The van der Waals surface area contributed by atoms with Gasteiger partial charge in [0.1, 0.15) is 0 Å². The quantitative estimate of drug-likeness (QED) is 0.718. The summed E-state index contributed by atoms with van der Waals surface area (Å²) in [6.45, 7) is 0.434. The predicted octanol–water partition coefficient (Wildman–Crippen LogP) is 1.46. The van der Waals surface area contributed by atoms with Crippen LogP contribution in [0.2, 0.25) is 0 Å². The van der Waals surface area contributed by atoms with Crippen molar-refractivity contribution < 1.29 is 9.59 Å². The van der Waals surface area contributed by atoms with Crippen molar-refractivity contribution in [1.29, 1.82) is 0 Å². The Labute approximate surface area is 127 Å². The molecule has 0 spiro atoms. The maximum atomic E-state index is 12.0. The monoisotopic (exact) mass is 295 g/mol. The maximum absolute atomic E-state index is 12.0. The molecule has 2 fully saturated rings. The zero-order valence-electron chi connectivity index (χ0n) is 12.9. The van der Waals surface area contributed by atoms with E-state index in [1.54, 1.807) is 0 Å². The van der Waals surface area contributed by atoms with Crippen LogP contribution in [0.1, 0.15) is 64.2 Å². The Bertz CT molecular complexity index is 353. The van der Waals surface area contributed by atoms with Crippen LogP contribution in [0, 0.1) is 5.92 Å². The van der Waals surface area contributed by atoms with E-state index in [0.29, 0.717) is 19.0 Å². The molecule has 2 unspecified atom stereocenters. The minimum atomic E-state index is 0.0372. The van der Waals surface area contributed by atoms with Gasteiger partial charge in [0.15, 0.2) is 0 Å². The molecular formula is C16H29N3O2. The van der Waals surface area contributed by atoms with E-state index in [9.17, 15) is 9.59 Å². The molecule has 0 aromatic carbocycles. The average Bonchev–Trinajstić information content (AvgIpc) is 2.48. The topological polar surface area (TPSA) is 84.2 Å². The lowest BCUT2D eigenvalue weighted by molar-refractivity contribution is -0.126. The summed E-state index contributed by atoms with van der Waals surface area (Å²) >= 11 is 0. The average molecular weight is 295 g/mol. The fourth-order valence-electron chi connectivity index (χ4n) is 3.46. The number of carbonyl (C=O) groups is 2. The lowest BCUT2D eigenvalue weighted by Crippen LogP contribution is -2.40. The molecule has 21 heavy (non-hydrogen) atoms. The highest BCUT2D eigenvalue weighted by Crippen LogP contribution is 2.23. The van der Waals surface area contributed by atoms with E-state index in [-0.39, 0.29) is 23.8 Å². The van der Waals surface area contributed by atoms with E-state index in [2.05, 4.69) is 10.6 Å². The summed E-state index contributed by atoms with van der Waals surface area (Å²) in [7, 11) is 0. The van der Waals surface area contributed by atoms with Crippen LogP contribution >= 0.6 is 0 Å². The molecule has 0 heterocycles. The molecule has 5 heteroatoms. The molecule has 5 nitrogen and oxygen atoms in total. The first-order chi connectivity index (χ1) is 10.1. The molecule has 4 N–H and O–H groups in total. The summed E-state index contributed by atoms with van der Waals surface area (Å²) in [4.78, 5) is 23.9. The molecule has 0 bridgehead atoms. The molecule has 2 saturated carbocycles. The van der Waals surface area contributed by atoms with Crippen LogP contribution in [0.4, 0.5) is 0 Å². The van der Waals surface area contributed by atoms with Gasteiger partial charge in [-0.05, 0) is 32.1 Å². The number of carbonyl (C=O) groups excluding carboxylic acids is 2. The lowest BCUT2D eigenvalue weighted by atomic mass is 9.85. The van der Waals surface area contributed by atoms with Gasteiger partial charge in [-0.3, -0.25) is 9.59 Å². The number of nitrogens with one attached hydrogen (secondary N) is 2. The largest absolute Gasteiger partial charge is 0.355 e. The van der Waals surface area contributed by atoms with Crippen LogP contribution in [-0.2, 0) is 9.59 Å². The van der Waals surface area contributed by atoms with Gasteiger partial charge in [-0.15, -0.1) is 0 Å². The number of hydrogen-bond acceptors (Lipinski definition) is 3. The van der Waals surface area contributed by atoms with Gasteiger partial charge >= 0.3 is 0 Å². The van der Waals surface area contributed by atoms with Crippen LogP contribution < -0.4 is 16.4 Å². The van der Waals surface area contributed by atoms with E-state index in [4.69, 9.17) is 5.73 Å². The molecule has 0 saturated heterocycles. The second-order valence-corrected chi connectivity index (χ2v) is 6.57. The smallest absolute Gasteiger partial charge is 0.223 e. The van der Waals surface area contributed by atoms with E-state index in [1.807, 2.05) is 0 Å². The second kappa shape index (κ2) is 8.37. The zero-order chi connectivity index (χ0) is 15.1. The minimum absolute atomic E-state index is 0.0372. The Morgan fingerprint density at radius 2 is 1.76 bits per heavy atom. The molecule has 0 aromatic heterocycles. The van der Waals surface area contributed by atoms with Gasteiger partial charge in [0.25, 0.3) is 0 Å². The first-order valence-electron chi connectivity index (χ1n) is 8.48. The molecular weight excluding hydrogens is 266 g/mol. The summed E-state index contributed by atoms with van der Waals surface area (Å²) in [5.41, 5.74) is 5.90. The van der Waals surface area contributed by atoms with Crippen molar-refractivity contribution in [3.63, 3.8) is 0 Å². The van der Waals surface area contributed by atoms with Crippen LogP contribution in [0.3, 0.4) is 0 Å². The van der Waals surface area contributed by atoms with Crippen LogP contribution in [0.5, 0.6) is 0 Å². The third-order valence-electron chi connectivity index (χ3n) is 4.71. The minimum Gasteiger partial charge on any atom is -0.355 e. The van der Waals surface area contributed by atoms with Gasteiger partial charge in [0.05, 0.1) is 0 Å². The Kier molecular flexibility index (Phi) is 6.49. The first-order valence-corrected chi connectivity index (χ1v) is 8.48. The molecule has 2 atom stereocenters. The lowest BCUT2D eigenvalue weighted by Gasteiger charge is -2.25. The summed E-state index contributed by atoms with van der Waals surface area (Å²) < 4.78 is 0. The highest BCUT2D eigenvalue weighted by molar-refractivity contribution is 5.80. The number of nitrogens with two attached hydrogens (primary N) is 1. The fraction of sp³-hybridized carbons (Fsp3) is 0.875. The number of rotatable bonds is 5. The van der Waals surface area contributed by atoms with Crippen LogP contribution in [-0.4, -0.2) is 30.4 Å². The zero-order valence-corrected chi connectivity index (χ0v) is 12.9. The molecule has 0 radical (unpaired) electrons. The first kappa shape index (κ1) is 16.3. The van der Waals surface area contributed by atoms with E-state index in [0.717, 1.165) is 38.5 Å². The molecule has 2 rings (SSSR count). The number of amides is 2. The SMILES string of the molecule is NC1CCCC(C(=O)NCCC(=O)NC2CCCCC2)C1. The molecule has 120 valence electrons. The van der Waals surface area contributed by atoms with Gasteiger partial charge in [0, 0.05) is 31.0 Å². The predicted molar refractivity (Wildman–Crippen MR) is 82.6 cm³/mol. The van der Waals surface area contributed by atoms with Gasteiger partial charge in [-0.1, -0.05) is 25.7 Å². The van der Waals surface area contributed by atoms with Crippen molar-refractivity contribution in [1.82, 2.24) is 10.6 Å². The molecule has 2 aliphatic rings. The molecule has 0 aliphatic heterocycles. The standard InChI is InChI=1S/C16H29N3O2/c17-13-6-4-5-12(11-13)16(21)18-10-9-15(20)19-14-7-2-1-3-8-14/h12-14H,1-11,17H2,(H,18,21)(H,19,20). The maximum Gasteiger partial charge on any atom is 0.223 e. The normalized spacial score (nSPS) is 27.1. The Balaban J connectivity index is 1.59. The summed E-state index contributed by atoms with van der Waals surface area (Å²) in [6, 6.07) is 0.502. The van der Waals surface area contributed by atoms with Gasteiger partial charge in [-0.2, -0.15) is 0 Å². The Morgan fingerprint density at radius 3 is 2.48 bits per heavy atom. The van der Waals surface area contributed by atoms with E-state index >= 15 is 0 Å². The summed E-state index contributed by atoms with van der Waals surface area (Å²) in [5.74, 6) is 0.160. The summed E-state index contributed by atoms with van der Waals surface area (Å²) in [6.07, 6.45) is 10.0. The van der Waals surface area contributed by atoms with Crippen molar-refractivity contribution in [3.8, 4) is 0 Å². The Morgan fingerprint density at radius 1 is 1.00 bits per heavy atom. The van der Waals surface area contributed by atoms with Gasteiger partial charge in [-0.25, -0.2) is 0 Å². The van der Waals surface area contributed by atoms with Crippen molar-refractivity contribution in [2.24, 2.45) is 11.7 Å². The van der Waals surface area contributed by atoms with Gasteiger partial charge < -0.3 is 16.4 Å². The molecule has 2 aliphatic carbocycles. The molecule has 2 amide bonds. The second-order valence-electron chi connectivity index (χ2n) is 6.57. The van der Waals surface area contributed by atoms with Crippen LogP contribution in [0.25, 0.3) is 0 Å². The number of hydrogen-bond donors (Lipinski definition) is 3. The fourth-order valence-corrected chi connectivity index (χ4v) is 3.46. The van der Waals surface area contributed by atoms with E-state index in [1.165, 1.54) is 19.3 Å². The van der Waals surface area contributed by atoms with Crippen LogP contribution in [0.15, 0.2) is 0 Å². The van der Waals surface area contributed by atoms with Crippen molar-refractivity contribution in [2.45, 2.75) is 76.3 Å². The third kappa shape index (κ3) is 5.65. The third-order valence-corrected chi connectivity index (χ3v) is 4.71. The Hall–Kier alpha value is -1.10. The summed E-state index contributed by atoms with van der Waals surface area (Å²) in [5, 5.41) is 5.95. The van der Waals surface area contributed by atoms with Crippen molar-refractivity contribution in [3.05, 3.63) is 0 Å². The van der Waals surface area contributed by atoms with E-state index < -0.39 is 0 Å².